The van der Waals surface area contributed by atoms with Gasteiger partial charge in [-0.1, -0.05) is 18.2 Å². The zero-order chi connectivity index (χ0) is 18.1. The van der Waals surface area contributed by atoms with Gasteiger partial charge in [-0.2, -0.15) is 16.9 Å². The molecule has 0 bridgehead atoms. The Balaban J connectivity index is 1.92. The zero-order valence-corrected chi connectivity index (χ0v) is 15.9. The van der Waals surface area contributed by atoms with Gasteiger partial charge in [0.1, 0.15) is 5.82 Å². The summed E-state index contributed by atoms with van der Waals surface area (Å²) < 4.78 is 3.60. The van der Waals surface area contributed by atoms with E-state index >= 15 is 0 Å². The first kappa shape index (κ1) is 17.3. The highest BCUT2D eigenvalue weighted by molar-refractivity contribution is 7.98. The first-order valence-electron chi connectivity index (χ1n) is 8.93. The van der Waals surface area contributed by atoms with E-state index in [9.17, 15) is 4.79 Å². The number of hydrogen-bond acceptors (Lipinski definition) is 5. The van der Waals surface area contributed by atoms with Crippen molar-refractivity contribution in [2.75, 3.05) is 25.1 Å². The van der Waals surface area contributed by atoms with Gasteiger partial charge in [-0.3, -0.25) is 4.79 Å². The lowest BCUT2D eigenvalue weighted by Gasteiger charge is -2.14. The Morgan fingerprint density at radius 3 is 2.96 bits per heavy atom. The minimum absolute atomic E-state index is 0.0321. The van der Waals surface area contributed by atoms with Crippen molar-refractivity contribution in [3.8, 4) is 5.69 Å². The summed E-state index contributed by atoms with van der Waals surface area (Å²) >= 11 is 1.79. The summed E-state index contributed by atoms with van der Waals surface area (Å²) in [6.45, 7) is 1.90. The molecule has 1 unspecified atom stereocenters. The topological polar surface area (TPSA) is 64.7 Å². The molecular weight excluding hydrogens is 346 g/mol. The molecule has 1 aromatic carbocycles. The van der Waals surface area contributed by atoms with Gasteiger partial charge < -0.3 is 9.88 Å². The number of aryl methyl sites for hydroxylation is 2. The Morgan fingerprint density at radius 1 is 1.35 bits per heavy atom. The fraction of sp³-hybridized carbons (Fsp3) is 0.421. The number of nitrogens with one attached hydrogen (secondary N) is 1. The van der Waals surface area contributed by atoms with E-state index in [4.69, 9.17) is 10.1 Å². The molecule has 1 saturated heterocycles. The van der Waals surface area contributed by atoms with Crippen LogP contribution in [0.15, 0.2) is 35.1 Å². The second kappa shape index (κ2) is 7.25. The average Bonchev–Trinajstić information content (AvgIpc) is 3.32. The molecule has 0 aliphatic carbocycles. The minimum Gasteiger partial charge on any atom is -0.316 e. The summed E-state index contributed by atoms with van der Waals surface area (Å²) in [6, 6.07) is 9.66. The normalized spacial score (nSPS) is 17.2. The van der Waals surface area contributed by atoms with E-state index in [-0.39, 0.29) is 5.56 Å². The molecule has 4 rings (SSSR count). The van der Waals surface area contributed by atoms with Crippen molar-refractivity contribution < 1.29 is 0 Å². The van der Waals surface area contributed by atoms with Crippen molar-refractivity contribution in [2.45, 2.75) is 18.8 Å². The number of hydrogen-bond donors (Lipinski definition) is 1. The van der Waals surface area contributed by atoms with Crippen molar-refractivity contribution in [1.29, 1.82) is 0 Å². The monoisotopic (exact) mass is 369 g/mol. The zero-order valence-electron chi connectivity index (χ0n) is 15.1. The number of para-hydroxylation sites is 1. The average molecular weight is 369 g/mol. The van der Waals surface area contributed by atoms with Crippen LogP contribution in [0.2, 0.25) is 0 Å². The summed E-state index contributed by atoms with van der Waals surface area (Å²) in [7, 11) is 1.81. The summed E-state index contributed by atoms with van der Waals surface area (Å²) in [4.78, 5) is 17.4. The predicted octanol–water partition coefficient (Wildman–Crippen LogP) is 2.10. The number of benzene rings is 1. The van der Waals surface area contributed by atoms with Crippen molar-refractivity contribution in [3.05, 3.63) is 52.3 Å². The largest absolute Gasteiger partial charge is 0.316 e. The molecule has 0 radical (unpaired) electrons. The second-order valence-corrected chi connectivity index (χ2v) is 7.66. The lowest BCUT2D eigenvalue weighted by molar-refractivity contribution is 0.664. The minimum atomic E-state index is -0.0321. The molecule has 3 aromatic rings. The molecule has 2 aromatic heterocycles. The molecule has 0 saturated carbocycles. The van der Waals surface area contributed by atoms with E-state index in [0.29, 0.717) is 5.92 Å². The molecule has 0 amide bonds. The maximum Gasteiger partial charge on any atom is 0.252 e. The molecule has 1 fully saturated rings. The van der Waals surface area contributed by atoms with Crippen LogP contribution in [0.3, 0.4) is 0 Å². The van der Waals surface area contributed by atoms with Gasteiger partial charge >= 0.3 is 0 Å². The van der Waals surface area contributed by atoms with Crippen molar-refractivity contribution in [3.63, 3.8) is 0 Å². The van der Waals surface area contributed by atoms with Crippen molar-refractivity contribution in [2.24, 2.45) is 7.05 Å². The van der Waals surface area contributed by atoms with Crippen LogP contribution in [0.25, 0.3) is 16.6 Å². The summed E-state index contributed by atoms with van der Waals surface area (Å²) in [5.41, 5.74) is 1.70. The maximum absolute atomic E-state index is 12.5. The van der Waals surface area contributed by atoms with Crippen LogP contribution in [0.5, 0.6) is 0 Å². The number of fused-ring (bicyclic) bond motifs is 1. The van der Waals surface area contributed by atoms with Crippen LogP contribution in [0, 0.1) is 0 Å². The smallest absolute Gasteiger partial charge is 0.252 e. The predicted molar refractivity (Wildman–Crippen MR) is 106 cm³/mol. The standard InChI is InChI=1S/C19H23N5OS/c1-23-15-6-4-3-5-14(15)16(11-18(23)25)24-19(13-7-9-20-12-13)21-17(22-24)8-10-26-2/h3-6,11,13,20H,7-10,12H2,1-2H3. The number of aromatic nitrogens is 4. The quantitative estimate of drug-likeness (QED) is 0.746. The molecule has 136 valence electrons. The lowest BCUT2D eigenvalue weighted by atomic mass is 10.1. The van der Waals surface area contributed by atoms with Crippen LogP contribution in [0.1, 0.15) is 24.0 Å². The van der Waals surface area contributed by atoms with Crippen LogP contribution >= 0.6 is 11.8 Å². The number of pyridine rings is 1. The van der Waals surface area contributed by atoms with E-state index in [1.807, 2.05) is 36.0 Å². The molecule has 3 heterocycles. The number of nitrogens with zero attached hydrogens (tertiary/aromatic N) is 4. The van der Waals surface area contributed by atoms with Gasteiger partial charge in [0, 0.05) is 43.1 Å². The van der Waals surface area contributed by atoms with Gasteiger partial charge in [0.15, 0.2) is 5.82 Å². The molecule has 1 atom stereocenters. The van der Waals surface area contributed by atoms with Gasteiger partial charge in [0.2, 0.25) is 0 Å². The van der Waals surface area contributed by atoms with Gasteiger partial charge in [0.05, 0.1) is 11.2 Å². The summed E-state index contributed by atoms with van der Waals surface area (Å²) in [6.07, 6.45) is 3.97. The Morgan fingerprint density at radius 2 is 2.19 bits per heavy atom. The summed E-state index contributed by atoms with van der Waals surface area (Å²) in [5, 5.41) is 9.23. The van der Waals surface area contributed by atoms with E-state index in [0.717, 1.165) is 59.9 Å². The third-order valence-corrected chi connectivity index (χ3v) is 5.60. The highest BCUT2D eigenvalue weighted by Gasteiger charge is 2.25. The van der Waals surface area contributed by atoms with E-state index in [2.05, 4.69) is 11.6 Å². The first-order valence-corrected chi connectivity index (χ1v) is 10.3. The fourth-order valence-corrected chi connectivity index (χ4v) is 3.94. The number of rotatable bonds is 5. The van der Waals surface area contributed by atoms with E-state index in [1.165, 1.54) is 0 Å². The third-order valence-electron chi connectivity index (χ3n) is 4.99. The molecule has 26 heavy (non-hydrogen) atoms. The van der Waals surface area contributed by atoms with Gasteiger partial charge in [0.25, 0.3) is 5.56 Å². The van der Waals surface area contributed by atoms with Gasteiger partial charge in [-0.15, -0.1) is 0 Å². The number of thioether (sulfide) groups is 1. The maximum atomic E-state index is 12.5. The highest BCUT2D eigenvalue weighted by atomic mass is 32.2. The molecule has 0 spiro atoms. The van der Waals surface area contributed by atoms with E-state index < -0.39 is 0 Å². The molecule has 6 nitrogen and oxygen atoms in total. The van der Waals surface area contributed by atoms with E-state index in [1.54, 1.807) is 22.4 Å². The van der Waals surface area contributed by atoms with Gasteiger partial charge in [-0.25, -0.2) is 9.67 Å². The van der Waals surface area contributed by atoms with Crippen LogP contribution < -0.4 is 10.9 Å². The Kier molecular flexibility index (Phi) is 4.82. The SMILES string of the molecule is CSCCc1nc(C2CCNC2)n(-c2cc(=O)n(C)c3ccccc23)n1. The molecule has 1 aliphatic rings. The Bertz CT molecular complexity index is 987. The summed E-state index contributed by atoms with van der Waals surface area (Å²) in [5.74, 6) is 3.13. The fourth-order valence-electron chi connectivity index (χ4n) is 3.55. The van der Waals surface area contributed by atoms with Gasteiger partial charge in [-0.05, 0) is 25.3 Å². The van der Waals surface area contributed by atoms with Crippen molar-refractivity contribution in [1.82, 2.24) is 24.6 Å². The molecule has 7 heteroatoms. The molecule has 1 N–H and O–H groups in total. The lowest BCUT2D eigenvalue weighted by Crippen LogP contribution is -2.19. The highest BCUT2D eigenvalue weighted by Crippen LogP contribution is 2.27. The van der Waals surface area contributed by atoms with Crippen molar-refractivity contribution >= 4 is 22.7 Å². The van der Waals surface area contributed by atoms with Crippen LogP contribution in [-0.4, -0.2) is 44.4 Å². The second-order valence-electron chi connectivity index (χ2n) is 6.67. The van der Waals surface area contributed by atoms with Crippen LogP contribution in [-0.2, 0) is 13.5 Å². The molecular formula is C19H23N5OS. The third kappa shape index (κ3) is 3.05. The molecule has 1 aliphatic heterocycles. The Labute approximate surface area is 156 Å². The Hall–Kier alpha value is -2.12. The first-order chi connectivity index (χ1) is 12.7. The van der Waals surface area contributed by atoms with Crippen LogP contribution in [0.4, 0.5) is 0 Å².